The van der Waals surface area contributed by atoms with Gasteiger partial charge in [0, 0.05) is 0 Å². The van der Waals surface area contributed by atoms with Gasteiger partial charge in [-0.25, -0.2) is 9.18 Å². The number of ether oxygens (including phenoxy) is 1. The van der Waals surface area contributed by atoms with Crippen molar-refractivity contribution in [3.63, 3.8) is 0 Å². The molecule has 1 aliphatic rings. The normalized spacial score (nSPS) is 45.3. The summed E-state index contributed by atoms with van der Waals surface area (Å²) in [6.07, 6.45) is -3.02. The number of hydrogen-bond donors (Lipinski definition) is 2. The van der Waals surface area contributed by atoms with E-state index in [1.165, 1.54) is 0 Å². The zero-order valence-electron chi connectivity index (χ0n) is 5.95. The second kappa shape index (κ2) is 2.42. The van der Waals surface area contributed by atoms with Crippen molar-refractivity contribution in [2.24, 2.45) is 0 Å². The van der Waals surface area contributed by atoms with Gasteiger partial charge in [-0.15, -0.1) is 0 Å². The highest BCUT2D eigenvalue weighted by atomic mass is 19.1. The van der Waals surface area contributed by atoms with Gasteiger partial charge >= 0.3 is 5.97 Å². The fourth-order valence-corrected chi connectivity index (χ4v) is 0.875. The molecule has 0 aromatic rings. The molecule has 1 saturated heterocycles. The van der Waals surface area contributed by atoms with Crippen molar-refractivity contribution in [3.05, 3.63) is 0 Å². The second-order valence-corrected chi connectivity index (χ2v) is 2.69. The van der Waals surface area contributed by atoms with E-state index in [1.807, 2.05) is 0 Å². The van der Waals surface area contributed by atoms with E-state index >= 15 is 0 Å². The van der Waals surface area contributed by atoms with E-state index in [4.69, 9.17) is 10.2 Å². The first-order valence-corrected chi connectivity index (χ1v) is 3.18. The van der Waals surface area contributed by atoms with Gasteiger partial charge in [-0.3, -0.25) is 0 Å². The molecule has 0 aromatic heterocycles. The number of esters is 1. The van der Waals surface area contributed by atoms with Crippen LogP contribution in [0.1, 0.15) is 6.92 Å². The Kier molecular flexibility index (Phi) is 1.85. The summed E-state index contributed by atoms with van der Waals surface area (Å²) >= 11 is 0. The number of halogens is 1. The first-order valence-electron chi connectivity index (χ1n) is 3.18. The van der Waals surface area contributed by atoms with Crippen molar-refractivity contribution in [2.75, 3.05) is 6.61 Å². The third-order valence-corrected chi connectivity index (χ3v) is 1.70. The molecule has 0 aliphatic carbocycles. The maximum Gasteiger partial charge on any atom is 0.346 e. The fourth-order valence-electron chi connectivity index (χ4n) is 0.875. The van der Waals surface area contributed by atoms with E-state index in [0.717, 1.165) is 6.92 Å². The Balaban J connectivity index is 2.80. The van der Waals surface area contributed by atoms with Crippen LogP contribution < -0.4 is 0 Å². The number of aliphatic hydroxyl groups excluding tert-OH is 2. The van der Waals surface area contributed by atoms with Crippen LogP contribution in [0.25, 0.3) is 0 Å². The molecule has 64 valence electrons. The molecule has 1 fully saturated rings. The molecular weight excluding hydrogens is 155 g/mol. The van der Waals surface area contributed by atoms with Crippen LogP contribution in [0.5, 0.6) is 0 Å². The Labute approximate surface area is 62.6 Å². The minimum absolute atomic E-state index is 0.348. The zero-order valence-corrected chi connectivity index (χ0v) is 5.95. The van der Waals surface area contributed by atoms with Crippen LogP contribution in [-0.4, -0.2) is 40.7 Å². The van der Waals surface area contributed by atoms with Crippen molar-refractivity contribution in [3.8, 4) is 0 Å². The molecule has 0 spiro atoms. The van der Waals surface area contributed by atoms with Gasteiger partial charge in [-0.2, -0.15) is 0 Å². The quantitative estimate of drug-likeness (QED) is 0.450. The fraction of sp³-hybridized carbons (Fsp3) is 0.833. The van der Waals surface area contributed by atoms with E-state index in [2.05, 4.69) is 4.74 Å². The van der Waals surface area contributed by atoms with Crippen molar-refractivity contribution in [2.45, 2.75) is 24.8 Å². The summed E-state index contributed by atoms with van der Waals surface area (Å²) in [6.45, 7) is 0.530. The third kappa shape index (κ3) is 1.21. The number of aliphatic hydroxyl groups is 2. The third-order valence-electron chi connectivity index (χ3n) is 1.70. The molecule has 5 heteroatoms. The largest absolute Gasteiger partial charge is 0.460 e. The second-order valence-electron chi connectivity index (χ2n) is 2.69. The molecule has 1 unspecified atom stereocenters. The van der Waals surface area contributed by atoms with Crippen LogP contribution in [0, 0.1) is 0 Å². The molecule has 0 saturated carbocycles. The maximum absolute atomic E-state index is 13.0. The average molecular weight is 164 g/mol. The van der Waals surface area contributed by atoms with Crippen LogP contribution in [0.2, 0.25) is 0 Å². The number of alkyl halides is 1. The molecule has 0 aromatic carbocycles. The number of hydrogen-bond acceptors (Lipinski definition) is 4. The summed E-state index contributed by atoms with van der Waals surface area (Å²) < 4.78 is 17.3. The lowest BCUT2D eigenvalue weighted by Gasteiger charge is -2.32. The van der Waals surface area contributed by atoms with Crippen LogP contribution in [0.15, 0.2) is 0 Å². The van der Waals surface area contributed by atoms with Crippen molar-refractivity contribution < 1.29 is 24.1 Å². The molecule has 4 nitrogen and oxygen atoms in total. The van der Waals surface area contributed by atoms with E-state index in [-0.39, 0.29) is 6.61 Å². The maximum atomic E-state index is 13.0. The highest BCUT2D eigenvalue weighted by Gasteiger charge is 2.50. The van der Waals surface area contributed by atoms with Crippen LogP contribution in [0.4, 0.5) is 4.39 Å². The summed E-state index contributed by atoms with van der Waals surface area (Å²) in [5.41, 5.74) is -2.49. The Morgan fingerprint density at radius 3 is 2.73 bits per heavy atom. The molecule has 0 radical (unpaired) electrons. The highest BCUT2D eigenvalue weighted by molar-refractivity contribution is 5.80. The summed E-state index contributed by atoms with van der Waals surface area (Å²) in [5.74, 6) is -1.13. The number of carbonyl (C=O) groups excluding carboxylic acids is 1. The smallest absolute Gasteiger partial charge is 0.346 e. The summed E-state index contributed by atoms with van der Waals surface area (Å²) in [4.78, 5) is 10.6. The summed E-state index contributed by atoms with van der Waals surface area (Å²) in [5, 5.41) is 17.8. The molecule has 0 amide bonds. The van der Waals surface area contributed by atoms with Crippen molar-refractivity contribution in [1.29, 1.82) is 0 Å². The molecule has 11 heavy (non-hydrogen) atoms. The molecule has 2 N–H and O–H groups in total. The van der Waals surface area contributed by atoms with Gasteiger partial charge in [0.05, 0.1) is 0 Å². The van der Waals surface area contributed by atoms with Crippen LogP contribution >= 0.6 is 0 Å². The van der Waals surface area contributed by atoms with E-state index in [1.54, 1.807) is 0 Å². The van der Waals surface area contributed by atoms with Gasteiger partial charge in [0.15, 0.2) is 0 Å². The SMILES string of the molecule is CC1(F)C(=O)OC[C@@H](O)[C@H]1O. The van der Waals surface area contributed by atoms with E-state index < -0.39 is 23.8 Å². The molecular formula is C6H9FO4. The Hall–Kier alpha value is -0.680. The van der Waals surface area contributed by atoms with Gasteiger partial charge in [-0.1, -0.05) is 0 Å². The van der Waals surface area contributed by atoms with Gasteiger partial charge in [-0.05, 0) is 6.92 Å². The topological polar surface area (TPSA) is 66.8 Å². The number of cyclic esters (lactones) is 1. The molecule has 1 aliphatic heterocycles. The zero-order chi connectivity index (χ0) is 8.65. The van der Waals surface area contributed by atoms with Crippen LogP contribution in [-0.2, 0) is 9.53 Å². The first-order chi connectivity index (χ1) is 4.96. The van der Waals surface area contributed by atoms with Crippen LogP contribution in [0.3, 0.4) is 0 Å². The van der Waals surface area contributed by atoms with Crippen molar-refractivity contribution in [1.82, 2.24) is 0 Å². The molecule has 3 atom stereocenters. The molecule has 1 rings (SSSR count). The standard InChI is InChI=1S/C6H9FO4/c1-6(7)4(9)3(8)2-11-5(6)10/h3-4,8-9H,2H2,1H3/t3-,4-,6?/m1/s1. The van der Waals surface area contributed by atoms with Gasteiger partial charge in [0.2, 0.25) is 5.67 Å². The Morgan fingerprint density at radius 1 is 1.73 bits per heavy atom. The Morgan fingerprint density at radius 2 is 2.27 bits per heavy atom. The predicted molar refractivity (Wildman–Crippen MR) is 32.5 cm³/mol. The van der Waals surface area contributed by atoms with Gasteiger partial charge in [0.1, 0.15) is 18.8 Å². The lowest BCUT2D eigenvalue weighted by molar-refractivity contribution is -0.193. The number of carbonyl (C=O) groups is 1. The summed E-state index contributed by atoms with van der Waals surface area (Å²) in [7, 11) is 0. The number of rotatable bonds is 0. The van der Waals surface area contributed by atoms with E-state index in [9.17, 15) is 9.18 Å². The predicted octanol–water partition coefficient (Wildman–Crippen LogP) is -1.01. The highest BCUT2D eigenvalue weighted by Crippen LogP contribution is 2.24. The monoisotopic (exact) mass is 164 g/mol. The minimum Gasteiger partial charge on any atom is -0.460 e. The first kappa shape index (κ1) is 8.42. The molecule has 1 heterocycles. The minimum atomic E-state index is -2.49. The van der Waals surface area contributed by atoms with Gasteiger partial charge in [0.25, 0.3) is 0 Å². The lowest BCUT2D eigenvalue weighted by atomic mass is 9.95. The summed E-state index contributed by atoms with van der Waals surface area (Å²) in [6, 6.07) is 0. The van der Waals surface area contributed by atoms with Gasteiger partial charge < -0.3 is 14.9 Å². The van der Waals surface area contributed by atoms with E-state index in [0.29, 0.717) is 0 Å². The average Bonchev–Trinajstić information content (AvgIpc) is 1.95. The Bertz CT molecular complexity index is 179. The van der Waals surface area contributed by atoms with Crippen molar-refractivity contribution >= 4 is 5.97 Å². The lowest BCUT2D eigenvalue weighted by Crippen LogP contribution is -2.56. The molecule has 0 bridgehead atoms.